The van der Waals surface area contributed by atoms with Crippen LogP contribution in [0, 0.1) is 0 Å². The van der Waals surface area contributed by atoms with Crippen molar-refractivity contribution < 1.29 is 19.8 Å². The Morgan fingerprint density at radius 1 is 1.18 bits per heavy atom. The number of carboxylic acids is 1. The fourth-order valence-corrected chi connectivity index (χ4v) is 1.44. The number of aliphatic hydroxyl groups is 1. The molecule has 1 unspecified atom stereocenters. The third-order valence-corrected chi connectivity index (χ3v) is 2.41. The number of carbonyl (C=O) groups is 2. The predicted octanol–water partition coefficient (Wildman–Crippen LogP) is -0.153. The molecule has 6 nitrogen and oxygen atoms in total. The third kappa shape index (κ3) is 8.65. The van der Waals surface area contributed by atoms with E-state index in [9.17, 15) is 9.59 Å². The number of rotatable bonds is 10. The Labute approximate surface area is 101 Å². The number of hydrogen-bond donors (Lipinski definition) is 4. The van der Waals surface area contributed by atoms with Gasteiger partial charge in [0.1, 0.15) is 6.04 Å². The fraction of sp³-hybridized carbons (Fsp3) is 0.818. The molecule has 1 amide bonds. The van der Waals surface area contributed by atoms with E-state index >= 15 is 0 Å². The molecular weight excluding hydrogens is 224 g/mol. The number of aliphatic hydroxyl groups excluding tert-OH is 1. The molecule has 6 heteroatoms. The topological polar surface area (TPSA) is 113 Å². The summed E-state index contributed by atoms with van der Waals surface area (Å²) in [5.74, 6) is -1.39. The molecule has 1 atom stereocenters. The molecule has 100 valence electrons. The van der Waals surface area contributed by atoms with E-state index in [0.717, 1.165) is 25.7 Å². The minimum Gasteiger partial charge on any atom is -0.480 e. The molecule has 0 fully saturated rings. The zero-order chi connectivity index (χ0) is 13.1. The van der Waals surface area contributed by atoms with Crippen LogP contribution in [0.3, 0.4) is 0 Å². The highest BCUT2D eigenvalue weighted by atomic mass is 16.4. The molecule has 0 aromatic heterocycles. The second-order valence-electron chi connectivity index (χ2n) is 3.92. The van der Waals surface area contributed by atoms with E-state index in [1.54, 1.807) is 0 Å². The van der Waals surface area contributed by atoms with Gasteiger partial charge in [-0.25, -0.2) is 4.79 Å². The number of hydrogen-bond acceptors (Lipinski definition) is 4. The summed E-state index contributed by atoms with van der Waals surface area (Å²) in [6.07, 6.45) is 3.94. The summed E-state index contributed by atoms with van der Waals surface area (Å²) < 4.78 is 0. The normalized spacial score (nSPS) is 12.1. The van der Waals surface area contributed by atoms with Gasteiger partial charge in [-0.05, 0) is 19.4 Å². The zero-order valence-corrected chi connectivity index (χ0v) is 10.0. The summed E-state index contributed by atoms with van der Waals surface area (Å²) in [6.45, 7) is 0.400. The monoisotopic (exact) mass is 246 g/mol. The van der Waals surface area contributed by atoms with E-state index in [1.807, 2.05) is 0 Å². The standard InChI is InChI=1S/C11H22N2O4/c12-7-4-2-1-3-5-10(15)13-9(6-8-14)11(16)17/h9,14H,1-8,12H2,(H,13,15)(H,16,17). The number of amides is 1. The maximum absolute atomic E-state index is 11.4. The first-order chi connectivity index (χ1) is 8.11. The number of unbranched alkanes of at least 4 members (excludes halogenated alkanes) is 3. The average molecular weight is 246 g/mol. The van der Waals surface area contributed by atoms with E-state index in [0.29, 0.717) is 13.0 Å². The van der Waals surface area contributed by atoms with Crippen molar-refractivity contribution in [2.75, 3.05) is 13.2 Å². The van der Waals surface area contributed by atoms with Gasteiger partial charge < -0.3 is 21.3 Å². The predicted molar refractivity (Wildman–Crippen MR) is 63.4 cm³/mol. The maximum atomic E-state index is 11.4. The van der Waals surface area contributed by atoms with Crippen LogP contribution in [0.2, 0.25) is 0 Å². The summed E-state index contributed by atoms with van der Waals surface area (Å²) in [4.78, 5) is 22.1. The molecule has 0 aromatic carbocycles. The Morgan fingerprint density at radius 2 is 1.82 bits per heavy atom. The largest absolute Gasteiger partial charge is 0.480 e. The van der Waals surface area contributed by atoms with Crippen molar-refractivity contribution in [2.45, 2.75) is 44.6 Å². The first kappa shape index (κ1) is 15.9. The van der Waals surface area contributed by atoms with Crippen molar-refractivity contribution in [2.24, 2.45) is 5.73 Å². The Balaban J connectivity index is 3.71. The summed E-state index contributed by atoms with van der Waals surface area (Å²) in [5, 5.41) is 19.8. The number of aliphatic carboxylic acids is 1. The molecule has 0 bridgehead atoms. The van der Waals surface area contributed by atoms with Gasteiger partial charge in [0.15, 0.2) is 0 Å². The summed E-state index contributed by atoms with van der Waals surface area (Å²) in [5.41, 5.74) is 5.33. The Morgan fingerprint density at radius 3 is 2.35 bits per heavy atom. The maximum Gasteiger partial charge on any atom is 0.326 e. The minimum atomic E-state index is -1.12. The first-order valence-electron chi connectivity index (χ1n) is 5.95. The molecule has 0 aliphatic rings. The lowest BCUT2D eigenvalue weighted by atomic mass is 10.1. The minimum absolute atomic E-state index is 0.0360. The smallest absolute Gasteiger partial charge is 0.326 e. The van der Waals surface area contributed by atoms with Crippen LogP contribution < -0.4 is 11.1 Å². The van der Waals surface area contributed by atoms with Crippen LogP contribution in [0.1, 0.15) is 38.5 Å². The summed E-state index contributed by atoms with van der Waals surface area (Å²) in [6, 6.07) is -0.989. The van der Waals surface area contributed by atoms with Gasteiger partial charge in [0.2, 0.25) is 5.91 Å². The SMILES string of the molecule is NCCCCCCC(=O)NC(CCO)C(=O)O. The lowest BCUT2D eigenvalue weighted by Gasteiger charge is -2.12. The van der Waals surface area contributed by atoms with Crippen LogP contribution in [0.4, 0.5) is 0 Å². The van der Waals surface area contributed by atoms with Crippen LogP contribution in [0.5, 0.6) is 0 Å². The molecular formula is C11H22N2O4. The van der Waals surface area contributed by atoms with Gasteiger partial charge in [-0.3, -0.25) is 4.79 Å². The van der Waals surface area contributed by atoms with Crippen LogP contribution in [0.25, 0.3) is 0 Å². The first-order valence-corrected chi connectivity index (χ1v) is 5.95. The van der Waals surface area contributed by atoms with Crippen molar-refractivity contribution in [3.63, 3.8) is 0 Å². The Hall–Kier alpha value is -1.14. The van der Waals surface area contributed by atoms with Crippen molar-refractivity contribution in [3.8, 4) is 0 Å². The highest BCUT2D eigenvalue weighted by molar-refractivity contribution is 5.83. The van der Waals surface area contributed by atoms with Crippen LogP contribution >= 0.6 is 0 Å². The van der Waals surface area contributed by atoms with E-state index < -0.39 is 12.0 Å². The second kappa shape index (κ2) is 10.0. The molecule has 0 aliphatic carbocycles. The number of nitrogens with one attached hydrogen (secondary N) is 1. The van der Waals surface area contributed by atoms with Gasteiger partial charge in [0, 0.05) is 19.4 Å². The van der Waals surface area contributed by atoms with Gasteiger partial charge in [-0.1, -0.05) is 12.8 Å². The van der Waals surface area contributed by atoms with Crippen molar-refractivity contribution >= 4 is 11.9 Å². The third-order valence-electron chi connectivity index (χ3n) is 2.41. The highest BCUT2D eigenvalue weighted by Gasteiger charge is 2.18. The molecule has 0 radical (unpaired) electrons. The fourth-order valence-electron chi connectivity index (χ4n) is 1.44. The number of carboxylic acid groups (broad SMARTS) is 1. The lowest BCUT2D eigenvalue weighted by molar-refractivity contribution is -0.142. The van der Waals surface area contributed by atoms with Crippen LogP contribution in [-0.4, -0.2) is 41.3 Å². The molecule has 17 heavy (non-hydrogen) atoms. The average Bonchev–Trinajstić information content (AvgIpc) is 2.28. The van der Waals surface area contributed by atoms with Crippen LogP contribution in [0.15, 0.2) is 0 Å². The Kier molecular flexibility index (Phi) is 9.37. The molecule has 0 saturated heterocycles. The van der Waals surface area contributed by atoms with Gasteiger partial charge in [0.25, 0.3) is 0 Å². The molecule has 5 N–H and O–H groups in total. The van der Waals surface area contributed by atoms with E-state index in [1.165, 1.54) is 0 Å². The van der Waals surface area contributed by atoms with Crippen LogP contribution in [-0.2, 0) is 9.59 Å². The lowest BCUT2D eigenvalue weighted by Crippen LogP contribution is -2.41. The second-order valence-corrected chi connectivity index (χ2v) is 3.92. The van der Waals surface area contributed by atoms with Crippen molar-refractivity contribution in [1.82, 2.24) is 5.32 Å². The number of carbonyl (C=O) groups excluding carboxylic acids is 1. The molecule has 0 spiro atoms. The van der Waals surface area contributed by atoms with E-state index in [4.69, 9.17) is 15.9 Å². The van der Waals surface area contributed by atoms with Gasteiger partial charge >= 0.3 is 5.97 Å². The quantitative estimate of drug-likeness (QED) is 0.400. The Bertz CT molecular complexity index is 234. The van der Waals surface area contributed by atoms with E-state index in [2.05, 4.69) is 5.32 Å². The zero-order valence-electron chi connectivity index (χ0n) is 10.0. The van der Waals surface area contributed by atoms with Crippen molar-refractivity contribution in [3.05, 3.63) is 0 Å². The van der Waals surface area contributed by atoms with E-state index in [-0.39, 0.29) is 18.9 Å². The summed E-state index contributed by atoms with van der Waals surface area (Å²) in [7, 11) is 0. The van der Waals surface area contributed by atoms with Gasteiger partial charge in [-0.2, -0.15) is 0 Å². The number of nitrogens with two attached hydrogens (primary N) is 1. The molecule has 0 aliphatic heterocycles. The molecule has 0 heterocycles. The highest BCUT2D eigenvalue weighted by Crippen LogP contribution is 2.02. The molecule has 0 rings (SSSR count). The summed E-state index contributed by atoms with van der Waals surface area (Å²) >= 11 is 0. The molecule has 0 aromatic rings. The van der Waals surface area contributed by atoms with Gasteiger partial charge in [0.05, 0.1) is 0 Å². The van der Waals surface area contributed by atoms with Gasteiger partial charge in [-0.15, -0.1) is 0 Å². The molecule has 0 saturated carbocycles. The van der Waals surface area contributed by atoms with Crippen molar-refractivity contribution in [1.29, 1.82) is 0 Å².